The number of Topliss-reactive ketones (excluding diaryl/α,β-unsaturated/α-hetero) is 1. The number of aliphatic hydroxyl groups is 3. The molecule has 4 rings (SSSR count). The van der Waals surface area contributed by atoms with Crippen molar-refractivity contribution in [2.45, 2.75) is 92.6 Å². The van der Waals surface area contributed by atoms with Crippen LogP contribution in [0.15, 0.2) is 34.9 Å². The average molecular weight is 471 g/mol. The third-order valence-electron chi connectivity index (χ3n) is 11.3. The lowest BCUT2D eigenvalue weighted by atomic mass is 9.44. The Morgan fingerprint density at radius 1 is 1.12 bits per heavy atom. The second-order valence-electron chi connectivity index (χ2n) is 13.0. The summed E-state index contributed by atoms with van der Waals surface area (Å²) in [6.45, 7) is 13.5. The molecule has 190 valence electrons. The summed E-state index contributed by atoms with van der Waals surface area (Å²) in [4.78, 5) is 12.8. The molecular formula is C30H46O4. The predicted octanol–water partition coefficient (Wildman–Crippen LogP) is 5.38. The third-order valence-corrected chi connectivity index (χ3v) is 11.3. The SMILES string of the molecule is C[C@H](CCC=C(CO)CO)[C@H]1C[C@H](O)[C@@]2(C)C3=CC[C@H]4C(C)(C)C(=O)CC[C@]4(C)C3=CC[C@]12C. The molecule has 4 heteroatoms. The molecule has 3 N–H and O–H groups in total. The molecule has 4 aliphatic rings. The monoisotopic (exact) mass is 470 g/mol. The van der Waals surface area contributed by atoms with Crippen LogP contribution >= 0.6 is 0 Å². The molecule has 0 heterocycles. The highest BCUT2D eigenvalue weighted by atomic mass is 16.3. The van der Waals surface area contributed by atoms with Crippen LogP contribution < -0.4 is 0 Å². The fourth-order valence-electron chi connectivity index (χ4n) is 8.68. The minimum absolute atomic E-state index is 0.00889. The molecule has 0 amide bonds. The summed E-state index contributed by atoms with van der Waals surface area (Å²) >= 11 is 0. The lowest BCUT2D eigenvalue weighted by Gasteiger charge is -2.60. The molecule has 4 nitrogen and oxygen atoms in total. The van der Waals surface area contributed by atoms with Gasteiger partial charge in [0.05, 0.1) is 19.3 Å². The smallest absolute Gasteiger partial charge is 0.138 e. The summed E-state index contributed by atoms with van der Waals surface area (Å²) < 4.78 is 0. The van der Waals surface area contributed by atoms with Crippen molar-refractivity contribution < 1.29 is 20.1 Å². The molecule has 0 spiro atoms. The highest BCUT2D eigenvalue weighted by molar-refractivity contribution is 5.86. The van der Waals surface area contributed by atoms with E-state index in [0.717, 1.165) is 38.5 Å². The molecule has 0 bridgehead atoms. The molecule has 0 aromatic rings. The number of rotatable bonds is 6. The van der Waals surface area contributed by atoms with Crippen LogP contribution in [0.3, 0.4) is 0 Å². The van der Waals surface area contributed by atoms with Gasteiger partial charge in [0.15, 0.2) is 0 Å². The van der Waals surface area contributed by atoms with Gasteiger partial charge in [-0.3, -0.25) is 4.79 Å². The largest absolute Gasteiger partial charge is 0.392 e. The average Bonchev–Trinajstić information content (AvgIpc) is 3.01. The summed E-state index contributed by atoms with van der Waals surface area (Å²) in [5, 5.41) is 30.3. The number of carbonyl (C=O) groups is 1. The maximum Gasteiger partial charge on any atom is 0.138 e. The number of fused-ring (bicyclic) bond motifs is 5. The number of ketones is 1. The zero-order valence-corrected chi connectivity index (χ0v) is 22.2. The molecule has 4 aliphatic carbocycles. The van der Waals surface area contributed by atoms with Crippen LogP contribution in [-0.2, 0) is 4.79 Å². The van der Waals surface area contributed by atoms with E-state index in [-0.39, 0.29) is 41.0 Å². The Bertz CT molecular complexity index is 920. The zero-order valence-electron chi connectivity index (χ0n) is 22.2. The Balaban J connectivity index is 1.66. The van der Waals surface area contributed by atoms with Crippen LogP contribution in [0, 0.1) is 39.4 Å². The summed E-state index contributed by atoms with van der Waals surface area (Å²) in [5.74, 6) is 1.55. The van der Waals surface area contributed by atoms with Crippen LogP contribution in [0.1, 0.15) is 86.5 Å². The Hall–Kier alpha value is -1.23. The topological polar surface area (TPSA) is 77.8 Å². The predicted molar refractivity (Wildman–Crippen MR) is 136 cm³/mol. The van der Waals surface area contributed by atoms with Gasteiger partial charge in [0.25, 0.3) is 0 Å². The molecule has 0 aliphatic heterocycles. The van der Waals surface area contributed by atoms with Crippen LogP contribution in [0.5, 0.6) is 0 Å². The van der Waals surface area contributed by atoms with Crippen molar-refractivity contribution in [1.29, 1.82) is 0 Å². The fraction of sp³-hybridized carbons (Fsp3) is 0.767. The Labute approximate surface area is 206 Å². The van der Waals surface area contributed by atoms with Gasteiger partial charge in [0.1, 0.15) is 5.78 Å². The van der Waals surface area contributed by atoms with E-state index in [1.165, 1.54) is 11.1 Å². The maximum absolute atomic E-state index is 12.8. The quantitative estimate of drug-likeness (QED) is 0.456. The van der Waals surface area contributed by atoms with E-state index >= 15 is 0 Å². The van der Waals surface area contributed by atoms with Crippen molar-refractivity contribution in [2.75, 3.05) is 13.2 Å². The van der Waals surface area contributed by atoms with Crippen LogP contribution in [0.2, 0.25) is 0 Å². The van der Waals surface area contributed by atoms with E-state index in [0.29, 0.717) is 35.5 Å². The Kier molecular flexibility index (Phi) is 6.62. The van der Waals surface area contributed by atoms with Crippen molar-refractivity contribution in [3.8, 4) is 0 Å². The van der Waals surface area contributed by atoms with Gasteiger partial charge < -0.3 is 15.3 Å². The summed E-state index contributed by atoms with van der Waals surface area (Å²) in [7, 11) is 0. The highest BCUT2D eigenvalue weighted by Crippen LogP contribution is 2.71. The van der Waals surface area contributed by atoms with E-state index in [1.807, 2.05) is 6.08 Å². The Morgan fingerprint density at radius 2 is 1.79 bits per heavy atom. The number of hydrogen-bond donors (Lipinski definition) is 3. The van der Waals surface area contributed by atoms with Crippen LogP contribution in [-0.4, -0.2) is 40.4 Å². The molecular weight excluding hydrogens is 424 g/mol. The molecule has 0 saturated heterocycles. The minimum atomic E-state index is -0.376. The first-order valence-corrected chi connectivity index (χ1v) is 13.4. The second kappa shape index (κ2) is 8.71. The maximum atomic E-state index is 12.8. The van der Waals surface area contributed by atoms with E-state index < -0.39 is 0 Å². The molecule has 0 radical (unpaired) electrons. The first-order chi connectivity index (χ1) is 15.9. The zero-order chi connectivity index (χ0) is 25.1. The van der Waals surface area contributed by atoms with Gasteiger partial charge in [-0.2, -0.15) is 0 Å². The summed E-state index contributed by atoms with van der Waals surface area (Å²) in [6, 6.07) is 0. The highest BCUT2D eigenvalue weighted by Gasteiger charge is 2.66. The van der Waals surface area contributed by atoms with Gasteiger partial charge in [0, 0.05) is 17.3 Å². The van der Waals surface area contributed by atoms with E-state index in [4.69, 9.17) is 0 Å². The fourth-order valence-corrected chi connectivity index (χ4v) is 8.68. The summed E-state index contributed by atoms with van der Waals surface area (Å²) in [5.41, 5.74) is 2.83. The standard InChI is InChI=1S/C30H46O4/c1-19(8-7-9-20(17-31)18-32)23-16-26(34)30(6)22-10-11-24-27(2,3)25(33)13-14-28(24,4)21(22)12-15-29(23,30)5/h9-10,12,19,23-24,26,31-32,34H,7-8,11,13-18H2,1-6H3/t19-,23-,24+,26+,28-,29-,30-/m1/s1. The molecule has 7 atom stereocenters. The Morgan fingerprint density at radius 3 is 2.44 bits per heavy atom. The minimum Gasteiger partial charge on any atom is -0.392 e. The van der Waals surface area contributed by atoms with Gasteiger partial charge in [-0.15, -0.1) is 0 Å². The summed E-state index contributed by atoms with van der Waals surface area (Å²) in [6.07, 6.45) is 12.5. The van der Waals surface area contributed by atoms with Crippen molar-refractivity contribution in [3.63, 3.8) is 0 Å². The molecule has 0 aromatic carbocycles. The van der Waals surface area contributed by atoms with Crippen molar-refractivity contribution in [2.24, 2.45) is 39.4 Å². The number of hydrogen-bond acceptors (Lipinski definition) is 4. The molecule has 0 unspecified atom stereocenters. The van der Waals surface area contributed by atoms with E-state index in [1.54, 1.807) is 0 Å². The lowest BCUT2D eigenvalue weighted by molar-refractivity contribution is -0.138. The number of aliphatic hydroxyl groups excluding tert-OH is 3. The van der Waals surface area contributed by atoms with Crippen LogP contribution in [0.25, 0.3) is 0 Å². The van der Waals surface area contributed by atoms with Gasteiger partial charge in [-0.05, 0) is 83.8 Å². The number of allylic oxidation sites excluding steroid dienone is 4. The third kappa shape index (κ3) is 3.46. The first kappa shape index (κ1) is 25.9. The van der Waals surface area contributed by atoms with Crippen LogP contribution in [0.4, 0.5) is 0 Å². The first-order valence-electron chi connectivity index (χ1n) is 13.4. The lowest BCUT2D eigenvalue weighted by Crippen LogP contribution is -2.54. The molecule has 0 aromatic heterocycles. The van der Waals surface area contributed by atoms with Crippen molar-refractivity contribution >= 4 is 5.78 Å². The van der Waals surface area contributed by atoms with Gasteiger partial charge in [-0.25, -0.2) is 0 Å². The normalized spacial score (nSPS) is 41.6. The molecule has 2 fully saturated rings. The number of carbonyl (C=O) groups excluding carboxylic acids is 1. The van der Waals surface area contributed by atoms with Gasteiger partial charge in [-0.1, -0.05) is 59.8 Å². The van der Waals surface area contributed by atoms with Crippen molar-refractivity contribution in [3.05, 3.63) is 34.9 Å². The second-order valence-corrected chi connectivity index (χ2v) is 13.0. The van der Waals surface area contributed by atoms with Gasteiger partial charge in [0.2, 0.25) is 0 Å². The van der Waals surface area contributed by atoms with E-state index in [9.17, 15) is 20.1 Å². The van der Waals surface area contributed by atoms with E-state index in [2.05, 4.69) is 53.7 Å². The van der Waals surface area contributed by atoms with Gasteiger partial charge >= 0.3 is 0 Å². The molecule has 2 saturated carbocycles. The van der Waals surface area contributed by atoms with Crippen molar-refractivity contribution in [1.82, 2.24) is 0 Å². The molecule has 34 heavy (non-hydrogen) atoms.